The Morgan fingerprint density at radius 2 is 2.00 bits per heavy atom. The molecule has 4 N–H and O–H groups in total. The molecule has 3 nitrogen and oxygen atoms in total. The standard InChI is InChI=1S/C15H15FN2OS/c1-9-2-5-13(17)14(6-9)20-8-11-4-3-10(15(18)19)7-12(11)16/h2-7H,8,17H2,1H3,(H2,18,19). The molecule has 0 unspecified atom stereocenters. The zero-order valence-corrected chi connectivity index (χ0v) is 11.8. The topological polar surface area (TPSA) is 69.1 Å². The van der Waals surface area contributed by atoms with Crippen molar-refractivity contribution in [3.05, 3.63) is 58.9 Å². The molecule has 2 aromatic carbocycles. The number of anilines is 1. The summed E-state index contributed by atoms with van der Waals surface area (Å²) >= 11 is 1.46. The molecule has 0 fully saturated rings. The third kappa shape index (κ3) is 3.30. The van der Waals surface area contributed by atoms with E-state index in [0.717, 1.165) is 16.5 Å². The Morgan fingerprint density at radius 1 is 1.25 bits per heavy atom. The fourth-order valence-corrected chi connectivity index (χ4v) is 2.79. The van der Waals surface area contributed by atoms with E-state index in [9.17, 15) is 9.18 Å². The van der Waals surface area contributed by atoms with Gasteiger partial charge in [-0.05, 0) is 42.3 Å². The molecule has 0 aliphatic heterocycles. The second-order valence-electron chi connectivity index (χ2n) is 4.50. The van der Waals surface area contributed by atoms with E-state index in [2.05, 4.69) is 0 Å². The van der Waals surface area contributed by atoms with Crippen LogP contribution in [0.1, 0.15) is 21.5 Å². The van der Waals surface area contributed by atoms with Crippen LogP contribution in [0.4, 0.5) is 10.1 Å². The minimum Gasteiger partial charge on any atom is -0.398 e. The number of primary amides is 1. The first-order valence-electron chi connectivity index (χ1n) is 6.04. The molecule has 0 aliphatic rings. The van der Waals surface area contributed by atoms with Crippen molar-refractivity contribution >= 4 is 23.4 Å². The van der Waals surface area contributed by atoms with Gasteiger partial charge in [-0.1, -0.05) is 12.1 Å². The van der Waals surface area contributed by atoms with E-state index in [1.54, 1.807) is 6.07 Å². The second kappa shape index (κ2) is 5.96. The average Bonchev–Trinajstić information content (AvgIpc) is 2.40. The van der Waals surface area contributed by atoms with Crippen molar-refractivity contribution in [3.63, 3.8) is 0 Å². The molecule has 2 rings (SSSR count). The molecule has 0 aromatic heterocycles. The van der Waals surface area contributed by atoms with Gasteiger partial charge in [0, 0.05) is 21.9 Å². The summed E-state index contributed by atoms with van der Waals surface area (Å²) in [7, 11) is 0. The molecule has 104 valence electrons. The van der Waals surface area contributed by atoms with Crippen molar-refractivity contribution in [3.8, 4) is 0 Å². The van der Waals surface area contributed by atoms with Crippen molar-refractivity contribution in [2.24, 2.45) is 5.73 Å². The number of hydrogen-bond donors (Lipinski definition) is 2. The lowest BCUT2D eigenvalue weighted by molar-refractivity contribution is 0.1000. The molecule has 0 radical (unpaired) electrons. The Balaban J connectivity index is 2.15. The smallest absolute Gasteiger partial charge is 0.248 e. The van der Waals surface area contributed by atoms with Crippen LogP contribution in [-0.2, 0) is 5.75 Å². The number of carbonyl (C=O) groups is 1. The molecule has 5 heteroatoms. The Morgan fingerprint density at radius 3 is 2.65 bits per heavy atom. The third-order valence-corrected chi connectivity index (χ3v) is 4.01. The minimum absolute atomic E-state index is 0.173. The van der Waals surface area contributed by atoms with Crippen LogP contribution in [0.2, 0.25) is 0 Å². The highest BCUT2D eigenvalue weighted by atomic mass is 32.2. The highest BCUT2D eigenvalue weighted by Crippen LogP contribution is 2.29. The molecule has 0 spiro atoms. The summed E-state index contributed by atoms with van der Waals surface area (Å²) < 4.78 is 13.8. The molecule has 0 atom stereocenters. The van der Waals surface area contributed by atoms with Crippen LogP contribution in [0.5, 0.6) is 0 Å². The third-order valence-electron chi connectivity index (χ3n) is 2.89. The van der Waals surface area contributed by atoms with Crippen LogP contribution in [0.3, 0.4) is 0 Å². The first-order valence-corrected chi connectivity index (χ1v) is 7.03. The zero-order valence-electron chi connectivity index (χ0n) is 11.0. The molecule has 0 saturated heterocycles. The van der Waals surface area contributed by atoms with E-state index < -0.39 is 11.7 Å². The molecule has 1 amide bonds. The molecule has 0 aliphatic carbocycles. The summed E-state index contributed by atoms with van der Waals surface area (Å²) in [6, 6.07) is 10.0. The quantitative estimate of drug-likeness (QED) is 0.671. The van der Waals surface area contributed by atoms with Gasteiger partial charge in [-0.25, -0.2) is 4.39 Å². The number of hydrogen-bond acceptors (Lipinski definition) is 3. The zero-order chi connectivity index (χ0) is 14.7. The van der Waals surface area contributed by atoms with Crippen molar-refractivity contribution in [1.29, 1.82) is 0 Å². The SMILES string of the molecule is Cc1ccc(N)c(SCc2ccc(C(N)=O)cc2F)c1. The normalized spacial score (nSPS) is 10.5. The van der Waals surface area contributed by atoms with E-state index in [-0.39, 0.29) is 5.56 Å². The van der Waals surface area contributed by atoms with Gasteiger partial charge < -0.3 is 11.5 Å². The maximum Gasteiger partial charge on any atom is 0.248 e. The summed E-state index contributed by atoms with van der Waals surface area (Å²) in [6.45, 7) is 1.98. The predicted octanol–water partition coefficient (Wildman–Crippen LogP) is 3.11. The van der Waals surface area contributed by atoms with Crippen LogP contribution >= 0.6 is 11.8 Å². The van der Waals surface area contributed by atoms with Crippen LogP contribution in [0.15, 0.2) is 41.3 Å². The Kier molecular flexibility index (Phi) is 4.29. The van der Waals surface area contributed by atoms with Gasteiger partial charge in [-0.15, -0.1) is 11.8 Å². The van der Waals surface area contributed by atoms with E-state index in [1.807, 2.05) is 25.1 Å². The number of aryl methyl sites for hydroxylation is 1. The number of thioether (sulfide) groups is 1. The van der Waals surface area contributed by atoms with Gasteiger partial charge in [0.05, 0.1) is 0 Å². The van der Waals surface area contributed by atoms with Crippen LogP contribution < -0.4 is 11.5 Å². The minimum atomic E-state index is -0.633. The summed E-state index contributed by atoms with van der Waals surface area (Å²) in [5, 5.41) is 0. The van der Waals surface area contributed by atoms with Gasteiger partial charge in [0.1, 0.15) is 5.82 Å². The monoisotopic (exact) mass is 290 g/mol. The average molecular weight is 290 g/mol. The Labute approximate surface area is 121 Å². The maximum atomic E-state index is 13.8. The summed E-state index contributed by atoms with van der Waals surface area (Å²) in [5.41, 5.74) is 13.5. The van der Waals surface area contributed by atoms with Gasteiger partial charge in [0.25, 0.3) is 0 Å². The number of carbonyl (C=O) groups excluding carboxylic acids is 1. The van der Waals surface area contributed by atoms with Gasteiger partial charge in [-0.2, -0.15) is 0 Å². The lowest BCUT2D eigenvalue weighted by atomic mass is 10.1. The number of nitrogen functional groups attached to an aromatic ring is 1. The fourth-order valence-electron chi connectivity index (χ4n) is 1.74. The highest BCUT2D eigenvalue weighted by molar-refractivity contribution is 7.98. The van der Waals surface area contributed by atoms with E-state index >= 15 is 0 Å². The van der Waals surface area contributed by atoms with Crippen LogP contribution in [0.25, 0.3) is 0 Å². The molecule has 20 heavy (non-hydrogen) atoms. The van der Waals surface area contributed by atoms with E-state index in [1.165, 1.54) is 17.8 Å². The lowest BCUT2D eigenvalue weighted by Gasteiger charge is -2.08. The number of nitrogens with two attached hydrogens (primary N) is 2. The Bertz CT molecular complexity index is 658. The molecule has 0 heterocycles. The number of halogens is 1. The molecule has 2 aromatic rings. The summed E-state index contributed by atoms with van der Waals surface area (Å²) in [5.74, 6) is -0.621. The highest BCUT2D eigenvalue weighted by Gasteiger charge is 2.08. The van der Waals surface area contributed by atoms with E-state index in [4.69, 9.17) is 11.5 Å². The van der Waals surface area contributed by atoms with Crippen molar-refractivity contribution in [1.82, 2.24) is 0 Å². The van der Waals surface area contributed by atoms with Crippen molar-refractivity contribution in [2.45, 2.75) is 17.6 Å². The summed E-state index contributed by atoms with van der Waals surface area (Å²) in [6.07, 6.45) is 0. The van der Waals surface area contributed by atoms with Gasteiger partial charge in [-0.3, -0.25) is 4.79 Å². The van der Waals surface area contributed by atoms with Crippen LogP contribution in [-0.4, -0.2) is 5.91 Å². The molecule has 0 saturated carbocycles. The fraction of sp³-hybridized carbons (Fsp3) is 0.133. The second-order valence-corrected chi connectivity index (χ2v) is 5.52. The van der Waals surface area contributed by atoms with Gasteiger partial charge >= 0.3 is 0 Å². The van der Waals surface area contributed by atoms with E-state index in [0.29, 0.717) is 17.0 Å². The largest absolute Gasteiger partial charge is 0.398 e. The summed E-state index contributed by atoms with van der Waals surface area (Å²) in [4.78, 5) is 11.9. The van der Waals surface area contributed by atoms with Crippen molar-refractivity contribution in [2.75, 3.05) is 5.73 Å². The Hall–Kier alpha value is -2.01. The molecule has 0 bridgehead atoms. The number of rotatable bonds is 4. The predicted molar refractivity (Wildman–Crippen MR) is 80.1 cm³/mol. The number of benzene rings is 2. The van der Waals surface area contributed by atoms with Crippen molar-refractivity contribution < 1.29 is 9.18 Å². The first kappa shape index (κ1) is 14.4. The molecular weight excluding hydrogens is 275 g/mol. The van der Waals surface area contributed by atoms with Crippen LogP contribution in [0, 0.1) is 12.7 Å². The lowest BCUT2D eigenvalue weighted by Crippen LogP contribution is -2.11. The van der Waals surface area contributed by atoms with Gasteiger partial charge in [0.2, 0.25) is 5.91 Å². The van der Waals surface area contributed by atoms with Gasteiger partial charge in [0.15, 0.2) is 0 Å². The first-order chi connectivity index (χ1) is 9.47. The maximum absolute atomic E-state index is 13.8. The number of amides is 1. The molecular formula is C15H15FN2OS.